The number of esters is 1. The fourth-order valence-corrected chi connectivity index (χ4v) is 12.2. The van der Waals surface area contributed by atoms with E-state index in [1.807, 2.05) is 29.4 Å². The van der Waals surface area contributed by atoms with Crippen molar-refractivity contribution >= 4 is 98.8 Å². The second-order valence-corrected chi connectivity index (χ2v) is 19.6. The molecule has 4 aliphatic rings. The standard InChI is InChI=1S/C24H25Br2ClN2O3.C19H19Br2ClN2/c1-32-21(31)5-4-20(30)29-8-6-14(7-9-29)23-22-15(11-18(27)12-19(22)26)2-3-16-10-17(25)13-28-24(16)23;20-14-7-13-2-1-12-8-15(22)9-16(21)17(12)18(19(13)24-10-14)11-3-5-23-6-4-11/h10-14,23H,2-9H2,1H3;7-11,18,23H,1-6H2/t23-;/m1./s1. The molecule has 2 aliphatic heterocycles. The van der Waals surface area contributed by atoms with Crippen LogP contribution in [0.25, 0.3) is 0 Å². The highest BCUT2D eigenvalue weighted by Gasteiger charge is 2.37. The van der Waals surface area contributed by atoms with Crippen LogP contribution in [-0.2, 0) is 40.0 Å². The van der Waals surface area contributed by atoms with E-state index in [0.29, 0.717) is 30.8 Å². The number of aromatic nitrogens is 2. The van der Waals surface area contributed by atoms with Crippen molar-refractivity contribution in [1.29, 1.82) is 0 Å². The Morgan fingerprint density at radius 2 is 1.16 bits per heavy atom. The first-order chi connectivity index (χ1) is 27.0. The number of aryl methyl sites for hydroxylation is 4. The molecule has 2 fully saturated rings. The van der Waals surface area contributed by atoms with E-state index in [0.717, 1.165) is 85.2 Å². The van der Waals surface area contributed by atoms with E-state index in [2.05, 4.69) is 98.0 Å². The van der Waals surface area contributed by atoms with Gasteiger partial charge < -0.3 is 15.0 Å². The normalized spacial score (nSPS) is 19.6. The first kappa shape index (κ1) is 42.3. The minimum atomic E-state index is -0.347. The molecular weight excluding hydrogens is 1010 g/mol. The maximum absolute atomic E-state index is 12.6. The highest BCUT2D eigenvalue weighted by Crippen LogP contribution is 2.47. The van der Waals surface area contributed by atoms with E-state index in [-0.39, 0.29) is 30.6 Å². The Morgan fingerprint density at radius 1 is 0.696 bits per heavy atom. The van der Waals surface area contributed by atoms with Crippen molar-refractivity contribution in [3.8, 4) is 0 Å². The number of carbonyl (C=O) groups excluding carboxylic acids is 2. The molecule has 0 bridgehead atoms. The zero-order valence-electron chi connectivity index (χ0n) is 31.2. The molecular formula is C43H44Br4Cl2N4O3. The van der Waals surface area contributed by atoms with Gasteiger partial charge in [0.05, 0.1) is 24.9 Å². The number of rotatable bonds is 5. The third kappa shape index (κ3) is 9.61. The molecule has 1 amide bonds. The molecule has 0 spiro atoms. The second kappa shape index (κ2) is 19.0. The van der Waals surface area contributed by atoms with Gasteiger partial charge in [-0.15, -0.1) is 0 Å². The number of hydrogen-bond acceptors (Lipinski definition) is 6. The summed E-state index contributed by atoms with van der Waals surface area (Å²) in [6.07, 6.45) is 12.2. The van der Waals surface area contributed by atoms with Gasteiger partial charge in [-0.25, -0.2) is 0 Å². The summed E-state index contributed by atoms with van der Waals surface area (Å²) >= 11 is 27.5. The molecule has 8 rings (SSSR count). The topological polar surface area (TPSA) is 84.4 Å². The maximum atomic E-state index is 12.6. The molecule has 4 heterocycles. The lowest BCUT2D eigenvalue weighted by atomic mass is 9.76. The number of hydrogen-bond donors (Lipinski definition) is 1. The van der Waals surface area contributed by atoms with Crippen LogP contribution in [0.5, 0.6) is 0 Å². The van der Waals surface area contributed by atoms with Crippen LogP contribution in [0.2, 0.25) is 10.0 Å². The third-order valence-corrected chi connectivity index (χ3v) is 14.4. The van der Waals surface area contributed by atoms with Gasteiger partial charge in [-0.05, 0) is 178 Å². The van der Waals surface area contributed by atoms with Gasteiger partial charge in [-0.3, -0.25) is 19.6 Å². The first-order valence-electron chi connectivity index (χ1n) is 19.3. The van der Waals surface area contributed by atoms with Crippen LogP contribution in [0.3, 0.4) is 0 Å². The fourth-order valence-electron chi connectivity index (χ4n) is 9.19. The van der Waals surface area contributed by atoms with E-state index in [1.54, 1.807) is 0 Å². The number of nitrogens with zero attached hydrogens (tertiary/aromatic N) is 3. The molecule has 1 unspecified atom stereocenters. The predicted octanol–water partition coefficient (Wildman–Crippen LogP) is 11.2. The number of likely N-dealkylation sites (tertiary alicyclic amines) is 1. The Hall–Kier alpha value is -1.86. The zero-order chi connectivity index (χ0) is 39.5. The average molecular weight is 1060 g/mol. The lowest BCUT2D eigenvalue weighted by molar-refractivity contribution is -0.144. The van der Waals surface area contributed by atoms with Crippen LogP contribution in [0.4, 0.5) is 0 Å². The molecule has 2 aromatic heterocycles. The summed E-state index contributed by atoms with van der Waals surface area (Å²) in [7, 11) is 1.35. The monoisotopic (exact) mass is 1050 g/mol. The molecule has 0 radical (unpaired) electrons. The molecule has 2 saturated heterocycles. The summed E-state index contributed by atoms with van der Waals surface area (Å²) in [5.41, 5.74) is 10.3. The first-order valence-corrected chi connectivity index (χ1v) is 23.2. The minimum absolute atomic E-state index is 0.0190. The van der Waals surface area contributed by atoms with Crippen molar-refractivity contribution in [3.05, 3.63) is 121 Å². The van der Waals surface area contributed by atoms with Crippen molar-refractivity contribution in [1.82, 2.24) is 20.2 Å². The van der Waals surface area contributed by atoms with E-state index in [1.165, 1.54) is 59.0 Å². The number of methoxy groups -OCH3 is 1. The molecule has 296 valence electrons. The van der Waals surface area contributed by atoms with Gasteiger partial charge in [0.25, 0.3) is 0 Å². The molecule has 2 aromatic carbocycles. The van der Waals surface area contributed by atoms with Crippen molar-refractivity contribution < 1.29 is 14.3 Å². The molecule has 0 saturated carbocycles. The summed E-state index contributed by atoms with van der Waals surface area (Å²) in [5, 5.41) is 5.04. The highest BCUT2D eigenvalue weighted by atomic mass is 79.9. The van der Waals surface area contributed by atoms with E-state index in [4.69, 9.17) is 33.2 Å². The largest absolute Gasteiger partial charge is 0.469 e. The van der Waals surface area contributed by atoms with Gasteiger partial charge in [0.1, 0.15) is 0 Å². The third-order valence-electron chi connectivity index (χ3n) is 11.8. The second-order valence-electron chi connectivity index (χ2n) is 15.2. The van der Waals surface area contributed by atoms with Gasteiger partial charge in [0.2, 0.25) is 5.91 Å². The molecule has 7 nitrogen and oxygen atoms in total. The quantitative estimate of drug-likeness (QED) is 0.201. The van der Waals surface area contributed by atoms with Crippen molar-refractivity contribution in [2.45, 2.75) is 76.0 Å². The Labute approximate surface area is 373 Å². The smallest absolute Gasteiger partial charge is 0.306 e. The molecule has 2 atom stereocenters. The van der Waals surface area contributed by atoms with Crippen LogP contribution in [-0.4, -0.2) is 60.0 Å². The maximum Gasteiger partial charge on any atom is 0.306 e. The Kier molecular flexibility index (Phi) is 14.4. The lowest BCUT2D eigenvalue weighted by Crippen LogP contribution is -2.40. The number of carbonyl (C=O) groups is 2. The van der Waals surface area contributed by atoms with E-state index >= 15 is 0 Å². The van der Waals surface area contributed by atoms with E-state index in [9.17, 15) is 9.59 Å². The minimum Gasteiger partial charge on any atom is -0.469 e. The van der Waals surface area contributed by atoms with Gasteiger partial charge >= 0.3 is 5.97 Å². The number of ether oxygens (including phenoxy) is 1. The summed E-state index contributed by atoms with van der Waals surface area (Å²) in [6.45, 7) is 3.56. The summed E-state index contributed by atoms with van der Waals surface area (Å²) < 4.78 is 8.87. The van der Waals surface area contributed by atoms with Crippen molar-refractivity contribution in [2.24, 2.45) is 11.8 Å². The number of pyridine rings is 2. The van der Waals surface area contributed by atoms with Gasteiger partial charge in [-0.1, -0.05) is 55.1 Å². The van der Waals surface area contributed by atoms with Crippen LogP contribution in [0.15, 0.2) is 66.7 Å². The Bertz CT molecular complexity index is 2110. The van der Waals surface area contributed by atoms with Crippen LogP contribution < -0.4 is 5.32 Å². The molecule has 13 heteroatoms. The van der Waals surface area contributed by atoms with Gasteiger partial charge in [-0.2, -0.15) is 0 Å². The molecule has 4 aromatic rings. The summed E-state index contributed by atoms with van der Waals surface area (Å²) in [5.74, 6) is 1.15. The van der Waals surface area contributed by atoms with Crippen molar-refractivity contribution in [2.75, 3.05) is 33.3 Å². The number of piperidine rings is 2. The van der Waals surface area contributed by atoms with Gasteiger partial charge in [0, 0.05) is 71.7 Å². The number of benzene rings is 2. The Balaban J connectivity index is 0.000000178. The number of amides is 1. The lowest BCUT2D eigenvalue weighted by Gasteiger charge is -2.37. The number of fused-ring (bicyclic) bond motifs is 4. The van der Waals surface area contributed by atoms with Gasteiger partial charge in [0.15, 0.2) is 0 Å². The molecule has 56 heavy (non-hydrogen) atoms. The summed E-state index contributed by atoms with van der Waals surface area (Å²) in [6, 6.07) is 12.7. The SMILES string of the molecule is COC(=O)CCC(=O)N1CCC([C@H]2c3ncc(Br)cc3CCc3cc(Cl)cc(Br)c32)CC1.Clc1cc(Br)c2c(c1)CCc1cc(Br)cnc1C2C1CCNCC1. The fraction of sp³-hybridized carbons (Fsp3) is 0.442. The van der Waals surface area contributed by atoms with E-state index < -0.39 is 0 Å². The molecule has 2 aliphatic carbocycles. The average Bonchev–Trinajstić information content (AvgIpc) is 3.45. The molecule has 1 N–H and O–H groups in total. The highest BCUT2D eigenvalue weighted by molar-refractivity contribution is 9.11. The summed E-state index contributed by atoms with van der Waals surface area (Å²) in [4.78, 5) is 35.6. The Morgan fingerprint density at radius 3 is 1.64 bits per heavy atom. The zero-order valence-corrected chi connectivity index (χ0v) is 39.0. The van der Waals surface area contributed by atoms with Crippen LogP contribution >= 0.6 is 86.9 Å². The van der Waals surface area contributed by atoms with Crippen molar-refractivity contribution in [3.63, 3.8) is 0 Å². The number of halogens is 6. The van der Waals surface area contributed by atoms with Crippen LogP contribution in [0.1, 0.15) is 95.1 Å². The number of nitrogens with one attached hydrogen (secondary N) is 1. The van der Waals surface area contributed by atoms with Crippen LogP contribution in [0, 0.1) is 11.8 Å². The predicted molar refractivity (Wildman–Crippen MR) is 237 cm³/mol.